The third-order valence-corrected chi connectivity index (χ3v) is 5.21. The van der Waals surface area contributed by atoms with Gasteiger partial charge in [0.05, 0.1) is 0 Å². The Hall–Kier alpha value is -3.33. The molecule has 29 heavy (non-hydrogen) atoms. The van der Waals surface area contributed by atoms with Crippen LogP contribution in [-0.4, -0.2) is 17.5 Å². The average molecular weight is 383 g/mol. The minimum absolute atomic E-state index is 0.208. The lowest BCUT2D eigenvalue weighted by atomic mass is 10.0. The standard InChI is InChI=1S/C26H25NO2/c28-26-25(24(20-29-26)17-16-21-10-4-1-5-11-21)27(18-22-12-6-2-7-13-22)19-23-14-8-3-9-15-23/h1-15H,16-20H2. The molecule has 1 aliphatic heterocycles. The van der Waals surface area contributed by atoms with E-state index in [1.807, 2.05) is 42.5 Å². The molecule has 0 amide bonds. The predicted molar refractivity (Wildman–Crippen MR) is 115 cm³/mol. The molecule has 146 valence electrons. The Balaban J connectivity index is 1.61. The number of hydrogen-bond donors (Lipinski definition) is 0. The van der Waals surface area contributed by atoms with E-state index >= 15 is 0 Å². The van der Waals surface area contributed by atoms with E-state index in [0.717, 1.165) is 24.1 Å². The largest absolute Gasteiger partial charge is 0.456 e. The molecule has 1 heterocycles. The number of esters is 1. The number of carbonyl (C=O) groups is 1. The first-order valence-corrected chi connectivity index (χ1v) is 10.1. The van der Waals surface area contributed by atoms with Gasteiger partial charge in [-0.2, -0.15) is 0 Å². The molecule has 0 bridgehead atoms. The molecule has 0 unspecified atom stereocenters. The number of ether oxygens (including phenoxy) is 1. The van der Waals surface area contributed by atoms with Crippen LogP contribution in [0.4, 0.5) is 0 Å². The summed E-state index contributed by atoms with van der Waals surface area (Å²) in [6.45, 7) is 1.74. The molecular formula is C26H25NO2. The summed E-state index contributed by atoms with van der Waals surface area (Å²) in [4.78, 5) is 14.9. The number of nitrogens with zero attached hydrogens (tertiary/aromatic N) is 1. The molecule has 0 N–H and O–H groups in total. The Morgan fingerprint density at radius 2 is 1.14 bits per heavy atom. The zero-order valence-corrected chi connectivity index (χ0v) is 16.5. The van der Waals surface area contributed by atoms with Crippen molar-refractivity contribution in [2.45, 2.75) is 25.9 Å². The molecule has 0 fully saturated rings. The molecule has 0 atom stereocenters. The molecule has 0 saturated heterocycles. The first kappa shape index (κ1) is 19.0. The SMILES string of the molecule is O=C1OCC(CCc2ccccc2)=C1N(Cc1ccccc1)Cc1ccccc1. The fourth-order valence-electron chi connectivity index (χ4n) is 3.74. The number of carbonyl (C=O) groups excluding carboxylic acids is 1. The molecule has 0 aromatic heterocycles. The summed E-state index contributed by atoms with van der Waals surface area (Å²) in [5.74, 6) is -0.208. The van der Waals surface area contributed by atoms with Gasteiger partial charge in [0.1, 0.15) is 12.3 Å². The van der Waals surface area contributed by atoms with Crippen molar-refractivity contribution in [2.75, 3.05) is 6.61 Å². The Morgan fingerprint density at radius 1 is 0.655 bits per heavy atom. The molecule has 3 heteroatoms. The van der Waals surface area contributed by atoms with Crippen LogP contribution in [-0.2, 0) is 29.0 Å². The summed E-state index contributed by atoms with van der Waals surface area (Å²) in [6.07, 6.45) is 1.73. The van der Waals surface area contributed by atoms with Gasteiger partial charge in [-0.05, 0) is 35.1 Å². The van der Waals surface area contributed by atoms with Gasteiger partial charge in [0.15, 0.2) is 0 Å². The maximum Gasteiger partial charge on any atom is 0.355 e. The highest BCUT2D eigenvalue weighted by Crippen LogP contribution is 2.27. The summed E-state index contributed by atoms with van der Waals surface area (Å²) in [5.41, 5.74) is 5.45. The van der Waals surface area contributed by atoms with Crippen molar-refractivity contribution in [2.24, 2.45) is 0 Å². The maximum atomic E-state index is 12.7. The molecule has 3 nitrogen and oxygen atoms in total. The van der Waals surface area contributed by atoms with Gasteiger partial charge in [0, 0.05) is 13.1 Å². The Kier molecular flexibility index (Phi) is 6.06. The average Bonchev–Trinajstić information content (AvgIpc) is 3.14. The molecule has 3 aromatic carbocycles. The molecule has 1 aliphatic rings. The van der Waals surface area contributed by atoms with E-state index < -0.39 is 0 Å². The molecule has 0 aliphatic carbocycles. The first-order chi connectivity index (χ1) is 14.3. The minimum atomic E-state index is -0.208. The van der Waals surface area contributed by atoms with Gasteiger partial charge in [-0.1, -0.05) is 91.0 Å². The zero-order chi connectivity index (χ0) is 19.9. The van der Waals surface area contributed by atoms with Gasteiger partial charge < -0.3 is 9.64 Å². The highest BCUT2D eigenvalue weighted by atomic mass is 16.5. The van der Waals surface area contributed by atoms with Gasteiger partial charge in [0.25, 0.3) is 0 Å². The number of benzene rings is 3. The Labute approximate surface area is 172 Å². The molecule has 0 spiro atoms. The Bertz CT molecular complexity index is 924. The van der Waals surface area contributed by atoms with E-state index in [0.29, 0.717) is 19.7 Å². The third-order valence-electron chi connectivity index (χ3n) is 5.21. The van der Waals surface area contributed by atoms with Crippen LogP contribution in [0.5, 0.6) is 0 Å². The van der Waals surface area contributed by atoms with Gasteiger partial charge in [0.2, 0.25) is 0 Å². The number of hydrogen-bond acceptors (Lipinski definition) is 3. The molecule has 4 rings (SSSR count). The highest BCUT2D eigenvalue weighted by Gasteiger charge is 2.29. The van der Waals surface area contributed by atoms with Crippen LogP contribution in [0.2, 0.25) is 0 Å². The number of rotatable bonds is 8. The number of aryl methyl sites for hydroxylation is 1. The predicted octanol–water partition coefficient (Wildman–Crippen LogP) is 5.13. The van der Waals surface area contributed by atoms with Gasteiger partial charge >= 0.3 is 5.97 Å². The van der Waals surface area contributed by atoms with Crippen LogP contribution in [0.15, 0.2) is 102 Å². The minimum Gasteiger partial charge on any atom is -0.456 e. The maximum absolute atomic E-state index is 12.7. The van der Waals surface area contributed by atoms with Crippen LogP contribution >= 0.6 is 0 Å². The summed E-state index contributed by atoms with van der Waals surface area (Å²) in [6, 6.07) is 31.0. The van der Waals surface area contributed by atoms with Crippen molar-refractivity contribution in [1.82, 2.24) is 4.90 Å². The molecule has 0 saturated carbocycles. The van der Waals surface area contributed by atoms with E-state index in [4.69, 9.17) is 4.74 Å². The van der Waals surface area contributed by atoms with E-state index in [1.54, 1.807) is 0 Å². The smallest absolute Gasteiger partial charge is 0.355 e. The van der Waals surface area contributed by atoms with E-state index in [2.05, 4.69) is 53.4 Å². The topological polar surface area (TPSA) is 29.5 Å². The van der Waals surface area contributed by atoms with Crippen LogP contribution in [0.1, 0.15) is 23.1 Å². The lowest BCUT2D eigenvalue weighted by Gasteiger charge is -2.25. The van der Waals surface area contributed by atoms with Crippen molar-refractivity contribution in [3.8, 4) is 0 Å². The van der Waals surface area contributed by atoms with E-state index in [-0.39, 0.29) is 5.97 Å². The number of cyclic esters (lactones) is 1. The van der Waals surface area contributed by atoms with Crippen LogP contribution in [0.25, 0.3) is 0 Å². The fourth-order valence-corrected chi connectivity index (χ4v) is 3.74. The first-order valence-electron chi connectivity index (χ1n) is 10.1. The quantitative estimate of drug-likeness (QED) is 0.505. The second-order valence-corrected chi connectivity index (χ2v) is 7.34. The van der Waals surface area contributed by atoms with Gasteiger partial charge in [-0.15, -0.1) is 0 Å². The molecule has 3 aromatic rings. The fraction of sp³-hybridized carbons (Fsp3) is 0.192. The summed E-state index contributed by atoms with van der Waals surface area (Å²) >= 11 is 0. The van der Waals surface area contributed by atoms with Gasteiger partial charge in [-0.3, -0.25) is 0 Å². The third kappa shape index (κ3) is 4.94. The van der Waals surface area contributed by atoms with Crippen molar-refractivity contribution in [1.29, 1.82) is 0 Å². The van der Waals surface area contributed by atoms with Crippen molar-refractivity contribution in [3.63, 3.8) is 0 Å². The van der Waals surface area contributed by atoms with E-state index in [9.17, 15) is 4.79 Å². The monoisotopic (exact) mass is 383 g/mol. The summed E-state index contributed by atoms with van der Waals surface area (Å²) < 4.78 is 5.47. The van der Waals surface area contributed by atoms with Crippen LogP contribution in [0, 0.1) is 0 Å². The zero-order valence-electron chi connectivity index (χ0n) is 16.5. The second-order valence-electron chi connectivity index (χ2n) is 7.34. The van der Waals surface area contributed by atoms with Crippen molar-refractivity contribution < 1.29 is 9.53 Å². The molecule has 0 radical (unpaired) electrons. The lowest BCUT2D eigenvalue weighted by Crippen LogP contribution is -2.26. The van der Waals surface area contributed by atoms with Crippen molar-refractivity contribution in [3.05, 3.63) is 119 Å². The van der Waals surface area contributed by atoms with Crippen LogP contribution < -0.4 is 0 Å². The Morgan fingerprint density at radius 3 is 1.66 bits per heavy atom. The summed E-state index contributed by atoms with van der Waals surface area (Å²) in [5, 5.41) is 0. The highest BCUT2D eigenvalue weighted by molar-refractivity contribution is 5.91. The van der Waals surface area contributed by atoms with E-state index in [1.165, 1.54) is 16.7 Å². The van der Waals surface area contributed by atoms with Gasteiger partial charge in [-0.25, -0.2) is 4.79 Å². The lowest BCUT2D eigenvalue weighted by molar-refractivity contribution is -0.137. The van der Waals surface area contributed by atoms with Crippen LogP contribution in [0.3, 0.4) is 0 Å². The normalized spacial score (nSPS) is 13.4. The summed E-state index contributed by atoms with van der Waals surface area (Å²) in [7, 11) is 0. The van der Waals surface area contributed by atoms with Crippen molar-refractivity contribution >= 4 is 5.97 Å². The second kappa shape index (κ2) is 9.24. The molecular weight excluding hydrogens is 358 g/mol.